The normalized spacial score (nSPS) is 11.7. The van der Waals surface area contributed by atoms with Crippen molar-refractivity contribution in [1.82, 2.24) is 15.0 Å². The molecule has 4 aromatic rings. The highest BCUT2D eigenvalue weighted by molar-refractivity contribution is 5.97. The number of benzene rings is 2. The van der Waals surface area contributed by atoms with Crippen LogP contribution in [-0.4, -0.2) is 15.0 Å². The summed E-state index contributed by atoms with van der Waals surface area (Å²) < 4.78 is 0. The van der Waals surface area contributed by atoms with Crippen LogP contribution in [-0.2, 0) is 0 Å². The summed E-state index contributed by atoms with van der Waals surface area (Å²) in [6, 6.07) is 19.8. The number of para-hydroxylation sites is 3. The Morgan fingerprint density at radius 3 is 2.61 bits per heavy atom. The summed E-state index contributed by atoms with van der Waals surface area (Å²) in [7, 11) is 0. The lowest BCUT2D eigenvalue weighted by molar-refractivity contribution is 1.27. The van der Waals surface area contributed by atoms with Crippen molar-refractivity contribution >= 4 is 33.6 Å². The maximum atomic E-state index is 9.54. The van der Waals surface area contributed by atoms with Gasteiger partial charge in [0, 0.05) is 11.6 Å². The maximum absolute atomic E-state index is 9.54. The molecule has 0 aliphatic rings. The molecule has 0 radical (unpaired) electrons. The van der Waals surface area contributed by atoms with Crippen LogP contribution in [0.2, 0.25) is 0 Å². The molecular weight excluding hydrogens is 284 g/mol. The number of nitriles is 1. The average Bonchev–Trinajstić information content (AvgIpc) is 3.03. The molecule has 1 N–H and O–H groups in total. The number of fused-ring (bicyclic) bond motifs is 2. The van der Waals surface area contributed by atoms with Gasteiger partial charge in [-0.05, 0) is 35.9 Å². The first-order chi connectivity index (χ1) is 11.3. The third-order valence-electron chi connectivity index (χ3n) is 3.75. The monoisotopic (exact) mass is 296 g/mol. The second-order valence-electron chi connectivity index (χ2n) is 5.19. The molecule has 0 spiro atoms. The molecule has 0 atom stereocenters. The number of pyridine rings is 1. The zero-order valence-electron chi connectivity index (χ0n) is 12.2. The maximum Gasteiger partial charge on any atom is 0.149 e. The highest BCUT2D eigenvalue weighted by Gasteiger charge is 2.08. The van der Waals surface area contributed by atoms with Crippen molar-refractivity contribution < 1.29 is 0 Å². The molecule has 2 aromatic heterocycles. The number of nitrogens with one attached hydrogen (secondary N) is 1. The van der Waals surface area contributed by atoms with Crippen molar-refractivity contribution in [3.05, 3.63) is 72.2 Å². The van der Waals surface area contributed by atoms with Gasteiger partial charge in [-0.15, -0.1) is 0 Å². The topological polar surface area (TPSA) is 65.4 Å². The first-order valence-electron chi connectivity index (χ1n) is 7.26. The van der Waals surface area contributed by atoms with E-state index >= 15 is 0 Å². The molecule has 108 valence electrons. The van der Waals surface area contributed by atoms with Crippen LogP contribution in [0.3, 0.4) is 0 Å². The SMILES string of the molecule is N#C/C(=C\c1ccnc2ccccc12)c1nc2ccccc2[nH]1. The summed E-state index contributed by atoms with van der Waals surface area (Å²) in [5.41, 5.74) is 4.12. The Labute approximate surface area is 132 Å². The largest absolute Gasteiger partial charge is 0.337 e. The number of nitrogens with zero attached hydrogens (tertiary/aromatic N) is 3. The molecule has 4 nitrogen and oxygen atoms in total. The van der Waals surface area contributed by atoms with Crippen LogP contribution >= 0.6 is 0 Å². The number of rotatable bonds is 2. The van der Waals surface area contributed by atoms with Gasteiger partial charge in [-0.1, -0.05) is 30.3 Å². The molecule has 0 bridgehead atoms. The Kier molecular flexibility index (Phi) is 3.10. The van der Waals surface area contributed by atoms with Crippen molar-refractivity contribution in [3.8, 4) is 6.07 Å². The number of hydrogen-bond acceptors (Lipinski definition) is 3. The van der Waals surface area contributed by atoms with Crippen LogP contribution in [0.1, 0.15) is 11.4 Å². The molecule has 0 unspecified atom stereocenters. The Hall–Kier alpha value is -3.45. The van der Waals surface area contributed by atoms with Crippen LogP contribution in [0.15, 0.2) is 60.8 Å². The average molecular weight is 296 g/mol. The number of aromatic nitrogens is 3. The number of allylic oxidation sites excluding steroid dienone is 1. The van der Waals surface area contributed by atoms with Crippen LogP contribution in [0.4, 0.5) is 0 Å². The van der Waals surface area contributed by atoms with Gasteiger partial charge in [-0.2, -0.15) is 5.26 Å². The fourth-order valence-electron chi connectivity index (χ4n) is 2.63. The van der Waals surface area contributed by atoms with Gasteiger partial charge in [0.2, 0.25) is 0 Å². The van der Waals surface area contributed by atoms with Crippen molar-refractivity contribution in [3.63, 3.8) is 0 Å². The molecule has 23 heavy (non-hydrogen) atoms. The van der Waals surface area contributed by atoms with Crippen molar-refractivity contribution in [2.24, 2.45) is 0 Å². The fourth-order valence-corrected chi connectivity index (χ4v) is 2.63. The standard InChI is InChI=1S/C19H12N4/c20-12-14(19-22-17-7-3-4-8-18(17)23-19)11-13-9-10-21-16-6-2-1-5-15(13)16/h1-11H,(H,22,23)/b14-11+. The second-order valence-corrected chi connectivity index (χ2v) is 5.19. The van der Waals surface area contributed by atoms with Gasteiger partial charge < -0.3 is 4.98 Å². The van der Waals surface area contributed by atoms with Gasteiger partial charge in [0.15, 0.2) is 0 Å². The van der Waals surface area contributed by atoms with Crippen LogP contribution in [0.5, 0.6) is 0 Å². The van der Waals surface area contributed by atoms with Crippen molar-refractivity contribution in [1.29, 1.82) is 5.26 Å². The molecule has 0 saturated heterocycles. The minimum absolute atomic E-state index is 0.498. The molecule has 2 aromatic carbocycles. The van der Waals surface area contributed by atoms with E-state index in [4.69, 9.17) is 0 Å². The smallest absolute Gasteiger partial charge is 0.149 e. The van der Waals surface area contributed by atoms with Gasteiger partial charge in [0.25, 0.3) is 0 Å². The Bertz CT molecular complexity index is 1040. The minimum atomic E-state index is 0.498. The van der Waals surface area contributed by atoms with E-state index in [0.717, 1.165) is 27.5 Å². The molecule has 4 heteroatoms. The van der Waals surface area contributed by atoms with Crippen LogP contribution in [0, 0.1) is 11.3 Å². The zero-order chi connectivity index (χ0) is 15.6. The van der Waals surface area contributed by atoms with Crippen molar-refractivity contribution in [2.75, 3.05) is 0 Å². The Morgan fingerprint density at radius 1 is 1.00 bits per heavy atom. The van der Waals surface area contributed by atoms with Gasteiger partial charge in [0.05, 0.1) is 22.1 Å². The summed E-state index contributed by atoms with van der Waals surface area (Å²) in [6.45, 7) is 0. The third kappa shape index (κ3) is 2.34. The third-order valence-corrected chi connectivity index (χ3v) is 3.75. The lowest BCUT2D eigenvalue weighted by Crippen LogP contribution is -1.87. The highest BCUT2D eigenvalue weighted by atomic mass is 14.9. The van der Waals surface area contributed by atoms with E-state index < -0.39 is 0 Å². The number of imidazole rings is 1. The zero-order valence-corrected chi connectivity index (χ0v) is 12.2. The first-order valence-corrected chi connectivity index (χ1v) is 7.26. The van der Waals surface area contributed by atoms with Gasteiger partial charge in [0.1, 0.15) is 11.9 Å². The summed E-state index contributed by atoms with van der Waals surface area (Å²) >= 11 is 0. The second kappa shape index (κ2) is 5.39. The van der Waals surface area contributed by atoms with E-state index in [-0.39, 0.29) is 0 Å². The van der Waals surface area contributed by atoms with E-state index in [1.54, 1.807) is 6.20 Å². The minimum Gasteiger partial charge on any atom is -0.337 e. The molecule has 2 heterocycles. The highest BCUT2D eigenvalue weighted by Crippen LogP contribution is 2.23. The van der Waals surface area contributed by atoms with E-state index in [9.17, 15) is 5.26 Å². The lowest BCUT2D eigenvalue weighted by Gasteiger charge is -2.01. The lowest BCUT2D eigenvalue weighted by atomic mass is 10.1. The summed E-state index contributed by atoms with van der Waals surface area (Å²) in [4.78, 5) is 12.0. The van der Waals surface area contributed by atoms with Gasteiger partial charge in [-0.3, -0.25) is 4.98 Å². The molecule has 0 aliphatic heterocycles. The molecular formula is C19H12N4. The van der Waals surface area contributed by atoms with Crippen LogP contribution in [0.25, 0.3) is 33.6 Å². The first kappa shape index (κ1) is 13.2. The molecule has 0 fully saturated rings. The predicted octanol–water partition coefficient (Wildman–Crippen LogP) is 4.18. The Morgan fingerprint density at radius 2 is 1.78 bits per heavy atom. The van der Waals surface area contributed by atoms with Crippen molar-refractivity contribution in [2.45, 2.75) is 0 Å². The number of aromatic amines is 1. The Balaban J connectivity index is 1.88. The molecule has 4 rings (SSSR count). The van der Waals surface area contributed by atoms with Gasteiger partial charge in [-0.25, -0.2) is 4.98 Å². The molecule has 0 aliphatic carbocycles. The number of H-pyrrole nitrogens is 1. The van der Waals surface area contributed by atoms with E-state index in [2.05, 4.69) is 21.0 Å². The fraction of sp³-hybridized carbons (Fsp3) is 0. The van der Waals surface area contributed by atoms with E-state index in [1.165, 1.54) is 0 Å². The molecule has 0 saturated carbocycles. The molecule has 0 amide bonds. The predicted molar refractivity (Wildman–Crippen MR) is 91.3 cm³/mol. The quantitative estimate of drug-likeness (QED) is 0.564. The summed E-state index contributed by atoms with van der Waals surface area (Å²) in [5, 5.41) is 10.6. The number of hydrogen-bond donors (Lipinski definition) is 1. The van der Waals surface area contributed by atoms with Crippen LogP contribution < -0.4 is 0 Å². The summed E-state index contributed by atoms with van der Waals surface area (Å²) in [5.74, 6) is 0.578. The van der Waals surface area contributed by atoms with E-state index in [0.29, 0.717) is 11.4 Å². The summed E-state index contributed by atoms with van der Waals surface area (Å²) in [6.07, 6.45) is 3.60. The van der Waals surface area contributed by atoms with Gasteiger partial charge >= 0.3 is 0 Å². The van der Waals surface area contributed by atoms with E-state index in [1.807, 2.05) is 60.7 Å².